The first-order chi connectivity index (χ1) is 14.5. The zero-order valence-electron chi connectivity index (χ0n) is 17.9. The van der Waals surface area contributed by atoms with Gasteiger partial charge in [-0.2, -0.15) is 0 Å². The highest BCUT2D eigenvalue weighted by Crippen LogP contribution is 2.23. The molecule has 3 aromatic rings. The minimum Gasteiger partial charge on any atom is -0.305 e. The Kier molecular flexibility index (Phi) is 6.28. The van der Waals surface area contributed by atoms with E-state index in [1.54, 1.807) is 10.6 Å². The maximum absolute atomic E-state index is 13.6. The maximum Gasteiger partial charge on any atom is 0.251 e. The Labute approximate surface area is 177 Å². The van der Waals surface area contributed by atoms with E-state index in [0.717, 1.165) is 32.0 Å². The normalized spacial score (nSPS) is 15.7. The number of fused-ring (bicyclic) bond motifs is 1. The van der Waals surface area contributed by atoms with Crippen molar-refractivity contribution in [2.75, 3.05) is 19.6 Å². The minimum atomic E-state index is -0.411. The second-order valence-corrected chi connectivity index (χ2v) is 8.62. The molecule has 5 heteroatoms. The van der Waals surface area contributed by atoms with Gasteiger partial charge in [0.2, 0.25) is 0 Å². The van der Waals surface area contributed by atoms with Crippen LogP contribution >= 0.6 is 0 Å². The van der Waals surface area contributed by atoms with Crippen molar-refractivity contribution in [1.29, 1.82) is 0 Å². The van der Waals surface area contributed by atoms with Crippen molar-refractivity contribution >= 4 is 11.0 Å². The largest absolute Gasteiger partial charge is 0.305 e. The molecule has 4 rings (SSSR count). The summed E-state index contributed by atoms with van der Waals surface area (Å²) in [6.45, 7) is 7.83. The van der Waals surface area contributed by atoms with Crippen LogP contribution in [0.25, 0.3) is 11.0 Å². The molecule has 0 unspecified atom stereocenters. The Morgan fingerprint density at radius 1 is 1.03 bits per heavy atom. The van der Waals surface area contributed by atoms with Crippen LogP contribution in [0, 0.1) is 25.6 Å². The van der Waals surface area contributed by atoms with Crippen molar-refractivity contribution in [3.63, 3.8) is 0 Å². The Bertz CT molecular complexity index is 1080. The van der Waals surface area contributed by atoms with Gasteiger partial charge in [0.25, 0.3) is 5.56 Å². The lowest BCUT2D eigenvalue weighted by molar-refractivity contribution is 0.174. The molecule has 0 amide bonds. The van der Waals surface area contributed by atoms with Crippen LogP contribution in [0.5, 0.6) is 0 Å². The highest BCUT2D eigenvalue weighted by atomic mass is 19.1. The fraction of sp³-hybridized carbons (Fsp3) is 0.440. The van der Waals surface area contributed by atoms with E-state index in [9.17, 15) is 9.18 Å². The summed E-state index contributed by atoms with van der Waals surface area (Å²) >= 11 is 0. The summed E-state index contributed by atoms with van der Waals surface area (Å²) in [5, 5.41) is 0. The molecule has 0 bridgehead atoms. The summed E-state index contributed by atoms with van der Waals surface area (Å²) in [6.07, 6.45) is 5.98. The van der Waals surface area contributed by atoms with Gasteiger partial charge >= 0.3 is 0 Å². The van der Waals surface area contributed by atoms with Gasteiger partial charge in [-0.1, -0.05) is 18.2 Å². The fourth-order valence-corrected chi connectivity index (χ4v) is 4.44. The number of benzene rings is 1. The number of hydrogen-bond acceptors (Lipinski definition) is 3. The van der Waals surface area contributed by atoms with E-state index in [-0.39, 0.29) is 5.56 Å². The van der Waals surface area contributed by atoms with Crippen LogP contribution in [0.2, 0.25) is 0 Å². The molecule has 0 aliphatic carbocycles. The second-order valence-electron chi connectivity index (χ2n) is 8.62. The molecular weight excluding hydrogens is 377 g/mol. The van der Waals surface area contributed by atoms with E-state index in [1.807, 2.05) is 0 Å². The molecule has 1 fully saturated rings. The average Bonchev–Trinajstić information content (AvgIpc) is 2.74. The van der Waals surface area contributed by atoms with Crippen molar-refractivity contribution in [3.8, 4) is 0 Å². The van der Waals surface area contributed by atoms with Crippen LogP contribution in [-0.4, -0.2) is 34.1 Å². The standard InChI is InChI=1S/C25H30FN3O/c1-18-3-4-21(15-19(18)2)6-5-20-9-11-28(12-10-20)13-14-29-24-16-22(26)17-27-23(24)7-8-25(29)30/h3-4,7-8,15-17,20H,5-6,9-14H2,1-2H3. The lowest BCUT2D eigenvalue weighted by Gasteiger charge is -2.32. The zero-order valence-corrected chi connectivity index (χ0v) is 17.9. The van der Waals surface area contributed by atoms with E-state index >= 15 is 0 Å². The molecule has 1 saturated heterocycles. The molecule has 1 aliphatic rings. The maximum atomic E-state index is 13.6. The molecule has 0 saturated carbocycles. The van der Waals surface area contributed by atoms with Gasteiger partial charge in [0, 0.05) is 25.2 Å². The average molecular weight is 408 g/mol. The number of piperidine rings is 1. The van der Waals surface area contributed by atoms with Crippen molar-refractivity contribution in [2.45, 2.75) is 46.1 Å². The van der Waals surface area contributed by atoms with Gasteiger partial charge in [-0.25, -0.2) is 4.39 Å². The minimum absolute atomic E-state index is 0.0989. The lowest BCUT2D eigenvalue weighted by Crippen LogP contribution is -2.37. The van der Waals surface area contributed by atoms with Gasteiger partial charge in [-0.15, -0.1) is 0 Å². The van der Waals surface area contributed by atoms with E-state index in [0.29, 0.717) is 17.6 Å². The number of halogens is 1. The number of aryl methyl sites for hydroxylation is 3. The highest BCUT2D eigenvalue weighted by molar-refractivity contribution is 5.74. The molecule has 3 heterocycles. The highest BCUT2D eigenvalue weighted by Gasteiger charge is 2.19. The molecule has 1 aliphatic heterocycles. The molecule has 1 aromatic carbocycles. The zero-order chi connectivity index (χ0) is 21.1. The Balaban J connectivity index is 1.30. The topological polar surface area (TPSA) is 38.1 Å². The smallest absolute Gasteiger partial charge is 0.251 e. The van der Waals surface area contributed by atoms with Crippen molar-refractivity contribution in [3.05, 3.63) is 75.5 Å². The third kappa shape index (κ3) is 4.78. The van der Waals surface area contributed by atoms with Gasteiger partial charge in [-0.05, 0) is 81.3 Å². The van der Waals surface area contributed by atoms with Gasteiger partial charge in [0.1, 0.15) is 5.82 Å². The van der Waals surface area contributed by atoms with Gasteiger partial charge in [0.05, 0.1) is 17.2 Å². The van der Waals surface area contributed by atoms with Crippen LogP contribution in [0.3, 0.4) is 0 Å². The third-order valence-electron chi connectivity index (χ3n) is 6.56. The number of aromatic nitrogens is 2. The number of pyridine rings is 2. The number of likely N-dealkylation sites (tertiary alicyclic amines) is 1. The molecule has 4 nitrogen and oxygen atoms in total. The molecule has 0 radical (unpaired) electrons. The summed E-state index contributed by atoms with van der Waals surface area (Å²) in [6, 6.07) is 11.4. The lowest BCUT2D eigenvalue weighted by atomic mass is 9.90. The van der Waals surface area contributed by atoms with Gasteiger partial charge in [-0.3, -0.25) is 9.78 Å². The summed E-state index contributed by atoms with van der Waals surface area (Å²) in [7, 11) is 0. The fourth-order valence-electron chi connectivity index (χ4n) is 4.44. The van der Waals surface area contributed by atoms with Crippen molar-refractivity contribution in [2.24, 2.45) is 5.92 Å². The first-order valence-corrected chi connectivity index (χ1v) is 10.9. The van der Waals surface area contributed by atoms with E-state index in [2.05, 4.69) is 41.9 Å². The molecule has 158 valence electrons. The quantitative estimate of drug-likeness (QED) is 0.604. The van der Waals surface area contributed by atoms with Crippen molar-refractivity contribution < 1.29 is 4.39 Å². The number of rotatable bonds is 6. The predicted octanol–water partition coefficient (Wildman–Crippen LogP) is 4.50. The van der Waals surface area contributed by atoms with Crippen LogP contribution in [0.1, 0.15) is 36.0 Å². The van der Waals surface area contributed by atoms with E-state index in [1.165, 1.54) is 54.3 Å². The molecule has 0 atom stereocenters. The number of nitrogens with zero attached hydrogens (tertiary/aromatic N) is 3. The predicted molar refractivity (Wildman–Crippen MR) is 119 cm³/mol. The van der Waals surface area contributed by atoms with Crippen LogP contribution in [0.4, 0.5) is 4.39 Å². The summed E-state index contributed by atoms with van der Waals surface area (Å²) < 4.78 is 15.3. The Morgan fingerprint density at radius 3 is 2.60 bits per heavy atom. The third-order valence-corrected chi connectivity index (χ3v) is 6.56. The van der Waals surface area contributed by atoms with Crippen LogP contribution in [0.15, 0.2) is 47.4 Å². The molecule has 0 spiro atoms. The molecular formula is C25H30FN3O. The Morgan fingerprint density at radius 2 is 1.83 bits per heavy atom. The van der Waals surface area contributed by atoms with E-state index in [4.69, 9.17) is 0 Å². The second kappa shape index (κ2) is 9.09. The molecule has 2 aromatic heterocycles. The van der Waals surface area contributed by atoms with Gasteiger partial charge < -0.3 is 9.47 Å². The summed E-state index contributed by atoms with van der Waals surface area (Å²) in [5.74, 6) is 0.355. The SMILES string of the molecule is Cc1ccc(CCC2CCN(CCn3c(=O)ccc4ncc(F)cc43)CC2)cc1C. The van der Waals surface area contributed by atoms with Crippen LogP contribution in [-0.2, 0) is 13.0 Å². The monoisotopic (exact) mass is 407 g/mol. The Hall–Kier alpha value is -2.53. The molecule has 0 N–H and O–H groups in total. The van der Waals surface area contributed by atoms with Crippen molar-refractivity contribution in [1.82, 2.24) is 14.5 Å². The first kappa shape index (κ1) is 20.7. The summed E-state index contributed by atoms with van der Waals surface area (Å²) in [5.41, 5.74) is 5.30. The number of hydrogen-bond donors (Lipinski definition) is 0. The van der Waals surface area contributed by atoms with E-state index < -0.39 is 5.82 Å². The first-order valence-electron chi connectivity index (χ1n) is 10.9. The summed E-state index contributed by atoms with van der Waals surface area (Å²) in [4.78, 5) is 18.8. The van der Waals surface area contributed by atoms with Crippen LogP contribution < -0.4 is 5.56 Å². The molecule has 30 heavy (non-hydrogen) atoms. The van der Waals surface area contributed by atoms with Gasteiger partial charge in [0.15, 0.2) is 0 Å².